The zero-order valence-corrected chi connectivity index (χ0v) is 30.0. The van der Waals surface area contributed by atoms with Gasteiger partial charge in [0.25, 0.3) is 0 Å². The van der Waals surface area contributed by atoms with E-state index in [1.807, 2.05) is 0 Å². The summed E-state index contributed by atoms with van der Waals surface area (Å²) in [5.74, 6) is -1.30. The van der Waals surface area contributed by atoms with Crippen LogP contribution in [-0.4, -0.2) is 94.3 Å². The number of aliphatic hydroxyl groups excluding tert-OH is 2. The van der Waals surface area contributed by atoms with Gasteiger partial charge in [-0.2, -0.15) is 0 Å². The number of benzene rings is 1. The van der Waals surface area contributed by atoms with E-state index in [4.69, 9.17) is 20.3 Å². The Hall–Kier alpha value is -4.89. The number of allylic oxidation sites excluding steroid dienone is 3. The summed E-state index contributed by atoms with van der Waals surface area (Å²) < 4.78 is 10.2. The van der Waals surface area contributed by atoms with Crippen LogP contribution in [0.2, 0.25) is 0 Å². The van der Waals surface area contributed by atoms with Crippen LogP contribution in [0.1, 0.15) is 72.9 Å². The average molecular weight is 704 g/mol. The Morgan fingerprint density at radius 3 is 2.16 bits per heavy atom. The number of carbonyl (C=O) groups is 5. The number of rotatable bonds is 13. The predicted molar refractivity (Wildman–Crippen MR) is 188 cm³/mol. The van der Waals surface area contributed by atoms with Gasteiger partial charge in [0.1, 0.15) is 23.0 Å². The molecule has 4 unspecified atom stereocenters. The number of phenols is 1. The Bertz CT molecular complexity index is 1420. The quantitative estimate of drug-likeness (QED) is 0.139. The number of carbonyl (C=O) groups excluding carboxylic acids is 5. The normalized spacial score (nSPS) is 16.0. The van der Waals surface area contributed by atoms with Crippen LogP contribution in [0, 0.1) is 0 Å². The zero-order chi connectivity index (χ0) is 38.2. The lowest BCUT2D eigenvalue weighted by Crippen LogP contribution is -2.47. The third-order valence-electron chi connectivity index (χ3n) is 6.31. The van der Waals surface area contributed by atoms with Crippen molar-refractivity contribution < 1.29 is 48.8 Å². The summed E-state index contributed by atoms with van der Waals surface area (Å²) in [6.45, 7) is 14.0. The Morgan fingerprint density at radius 2 is 1.60 bits per heavy atom. The van der Waals surface area contributed by atoms with Gasteiger partial charge in [-0.05, 0) is 102 Å². The van der Waals surface area contributed by atoms with Crippen LogP contribution >= 0.6 is 0 Å². The lowest BCUT2D eigenvalue weighted by molar-refractivity contribution is -0.127. The van der Waals surface area contributed by atoms with Crippen molar-refractivity contribution in [1.82, 2.24) is 21.3 Å². The van der Waals surface area contributed by atoms with Crippen molar-refractivity contribution in [2.75, 3.05) is 13.1 Å². The van der Waals surface area contributed by atoms with Crippen molar-refractivity contribution in [3.05, 3.63) is 59.2 Å². The second-order valence-corrected chi connectivity index (χ2v) is 13.7. The van der Waals surface area contributed by atoms with E-state index in [-0.39, 0.29) is 31.3 Å². The van der Waals surface area contributed by atoms with Gasteiger partial charge in [0.15, 0.2) is 0 Å². The van der Waals surface area contributed by atoms with E-state index >= 15 is 0 Å². The minimum Gasteiger partial charge on any atom is -0.508 e. The molecule has 1 aliphatic carbocycles. The number of nitrogens with one attached hydrogen (secondary N) is 4. The molecule has 0 saturated carbocycles. The highest BCUT2D eigenvalue weighted by Gasteiger charge is 2.22. The van der Waals surface area contributed by atoms with Gasteiger partial charge in [-0.1, -0.05) is 24.3 Å². The zero-order valence-electron chi connectivity index (χ0n) is 30.0. The lowest BCUT2D eigenvalue weighted by Gasteiger charge is -2.22. The van der Waals surface area contributed by atoms with Gasteiger partial charge in [0.2, 0.25) is 18.2 Å². The number of aromatic hydroxyl groups is 1. The smallest absolute Gasteiger partial charge is 0.407 e. The highest BCUT2D eigenvalue weighted by Crippen LogP contribution is 2.28. The highest BCUT2D eigenvalue weighted by molar-refractivity contribution is 5.88. The molecule has 0 spiro atoms. The number of alkyl carbamates (subject to hydrolysis) is 2. The maximum absolute atomic E-state index is 12.1. The molecule has 4 atom stereocenters. The van der Waals surface area contributed by atoms with Crippen molar-refractivity contribution in [3.63, 3.8) is 0 Å². The van der Waals surface area contributed by atoms with Crippen molar-refractivity contribution in [2.45, 2.75) is 104 Å². The van der Waals surface area contributed by atoms with Crippen LogP contribution in [0.3, 0.4) is 0 Å². The first-order valence-electron chi connectivity index (χ1n) is 16.1. The minimum absolute atomic E-state index is 0.00614. The molecule has 1 aromatic carbocycles. The van der Waals surface area contributed by atoms with E-state index in [1.54, 1.807) is 85.8 Å². The molecule has 2 rings (SSSR count). The van der Waals surface area contributed by atoms with E-state index in [1.165, 1.54) is 12.1 Å². The monoisotopic (exact) mass is 703 g/mol. The van der Waals surface area contributed by atoms with E-state index in [2.05, 4.69) is 21.3 Å². The number of nitrogens with two attached hydrogens (primary N) is 1. The number of ether oxygens (including phenoxy) is 2. The molecule has 0 saturated heterocycles. The predicted octanol–water partition coefficient (Wildman–Crippen LogP) is 2.09. The standard InChI is InChI=1S/C27H36N4O7.C8H17NO3/c1-16(30-26(37)38-27(2,3)4)9-20-13-19(6-8-23(20)34)18-5-7-21(33)11-17(10-18)12-22(25(28)36)31-24(35)14-29-15-32;1-6(10)5-9-7(11)12-8(2,3)4/h5-8,10-11,13,15-16,21-22,33-34H,9,12,14H2,1-4H3,(H2,28,36)(H,29,32)(H,30,37)(H,31,35);6,10H,5H2,1-4H3,(H,9,11). The third-order valence-corrected chi connectivity index (χ3v) is 6.31. The molecule has 1 aromatic rings. The number of hydrogen-bond donors (Lipinski definition) is 8. The topological polar surface area (TPSA) is 239 Å². The van der Waals surface area contributed by atoms with Crippen LogP contribution in [0.25, 0.3) is 5.57 Å². The van der Waals surface area contributed by atoms with Crippen molar-refractivity contribution in [1.29, 1.82) is 0 Å². The minimum atomic E-state index is -1.07. The third kappa shape index (κ3) is 18.6. The van der Waals surface area contributed by atoms with E-state index in [9.17, 15) is 34.2 Å². The van der Waals surface area contributed by atoms with Crippen molar-refractivity contribution in [3.8, 4) is 5.75 Å². The van der Waals surface area contributed by atoms with Crippen LogP contribution in [-0.2, 0) is 30.3 Å². The molecule has 1 aliphatic rings. The molecule has 0 heterocycles. The molecule has 15 nitrogen and oxygen atoms in total. The molecule has 0 bridgehead atoms. The summed E-state index contributed by atoms with van der Waals surface area (Å²) in [5.41, 5.74) is 6.87. The molecular formula is C35H53N5O10. The number of aliphatic hydroxyl groups is 2. The van der Waals surface area contributed by atoms with Gasteiger partial charge >= 0.3 is 12.2 Å². The van der Waals surface area contributed by atoms with E-state index in [0.717, 1.165) is 0 Å². The number of hydrogen-bond acceptors (Lipinski definition) is 10. The fraction of sp³-hybridized carbons (Fsp3) is 0.514. The van der Waals surface area contributed by atoms with Gasteiger partial charge < -0.3 is 51.8 Å². The Morgan fingerprint density at radius 1 is 0.980 bits per heavy atom. The van der Waals surface area contributed by atoms with Crippen LogP contribution in [0.15, 0.2) is 48.1 Å². The Kier molecular flexibility index (Phi) is 17.2. The van der Waals surface area contributed by atoms with E-state index in [0.29, 0.717) is 35.1 Å². The first-order valence-corrected chi connectivity index (χ1v) is 16.1. The molecule has 0 aromatic heterocycles. The maximum atomic E-state index is 12.1. The van der Waals surface area contributed by atoms with Crippen LogP contribution in [0.4, 0.5) is 9.59 Å². The van der Waals surface area contributed by atoms with Gasteiger partial charge in [-0.15, -0.1) is 0 Å². The summed E-state index contributed by atoms with van der Waals surface area (Å²) in [4.78, 5) is 57.4. The first kappa shape index (κ1) is 43.1. The first-order chi connectivity index (χ1) is 23.1. The summed E-state index contributed by atoms with van der Waals surface area (Å²) in [6, 6.07) is 3.61. The summed E-state index contributed by atoms with van der Waals surface area (Å²) >= 11 is 0. The molecule has 278 valence electrons. The molecule has 0 fully saturated rings. The largest absolute Gasteiger partial charge is 0.508 e. The number of phenolic OH excluding ortho intramolecular Hbond substituents is 1. The van der Waals surface area contributed by atoms with Crippen LogP contribution < -0.4 is 27.0 Å². The fourth-order valence-corrected chi connectivity index (χ4v) is 4.28. The molecule has 9 N–H and O–H groups in total. The van der Waals surface area contributed by atoms with Gasteiger partial charge in [-0.25, -0.2) is 9.59 Å². The Balaban J connectivity index is 0.000000885. The summed E-state index contributed by atoms with van der Waals surface area (Å²) in [7, 11) is 0. The van der Waals surface area contributed by atoms with Crippen molar-refractivity contribution >= 4 is 36.0 Å². The lowest BCUT2D eigenvalue weighted by atomic mass is 9.96. The number of primary amides is 1. The highest BCUT2D eigenvalue weighted by atomic mass is 16.6. The molecule has 50 heavy (non-hydrogen) atoms. The Labute approximate surface area is 293 Å². The fourth-order valence-electron chi connectivity index (χ4n) is 4.28. The molecular weight excluding hydrogens is 650 g/mol. The summed E-state index contributed by atoms with van der Waals surface area (Å²) in [5, 5.41) is 39.4. The van der Waals surface area contributed by atoms with E-state index < -0.39 is 53.5 Å². The average Bonchev–Trinajstić information content (AvgIpc) is 3.14. The molecule has 5 amide bonds. The van der Waals surface area contributed by atoms with Crippen molar-refractivity contribution in [2.24, 2.45) is 5.73 Å². The number of amides is 5. The molecule has 0 radical (unpaired) electrons. The van der Waals surface area contributed by atoms with Gasteiger partial charge in [0, 0.05) is 19.0 Å². The second kappa shape index (κ2) is 19.9. The molecule has 0 aliphatic heterocycles. The summed E-state index contributed by atoms with van der Waals surface area (Å²) in [6.07, 6.45) is 4.69. The van der Waals surface area contributed by atoms with Gasteiger partial charge in [-0.3, -0.25) is 14.4 Å². The SMILES string of the molecule is CC(Cc1cc(C2=CC(CC(NC(=O)CNC=O)C(N)=O)=CC(O)C=C2)ccc1O)NC(=O)OC(C)(C)C.CC(O)CNC(=O)OC(C)(C)C. The van der Waals surface area contributed by atoms with Crippen LogP contribution in [0.5, 0.6) is 5.75 Å². The van der Waals surface area contributed by atoms with Gasteiger partial charge in [0.05, 0.1) is 18.8 Å². The maximum Gasteiger partial charge on any atom is 0.407 e. The molecule has 15 heteroatoms. The second-order valence-electron chi connectivity index (χ2n) is 13.7.